The number of rotatable bonds is 8. The molecule has 0 aliphatic heterocycles. The van der Waals surface area contributed by atoms with E-state index in [0.717, 1.165) is 16.9 Å². The molecule has 8 heteroatoms. The molecule has 0 saturated heterocycles. The maximum Gasteiger partial charge on any atom is 0.272 e. The summed E-state index contributed by atoms with van der Waals surface area (Å²) in [4.78, 5) is 12.6. The lowest BCUT2D eigenvalue weighted by molar-refractivity contribution is 0.0945. The molecule has 0 atom stereocenters. The first-order chi connectivity index (χ1) is 14.2. The summed E-state index contributed by atoms with van der Waals surface area (Å²) in [6.45, 7) is 5.66. The van der Waals surface area contributed by atoms with Gasteiger partial charge in [0.2, 0.25) is 10.0 Å². The van der Waals surface area contributed by atoms with Gasteiger partial charge in [-0.05, 0) is 50.1 Å². The zero-order valence-corrected chi connectivity index (χ0v) is 18.1. The van der Waals surface area contributed by atoms with Gasteiger partial charge in [-0.2, -0.15) is 5.10 Å². The van der Waals surface area contributed by atoms with Gasteiger partial charge in [-0.25, -0.2) is 17.8 Å². The van der Waals surface area contributed by atoms with Gasteiger partial charge in [0.1, 0.15) is 0 Å². The predicted octanol–water partition coefficient (Wildman–Crippen LogP) is 2.94. The van der Waals surface area contributed by atoms with Gasteiger partial charge in [0.25, 0.3) is 5.91 Å². The van der Waals surface area contributed by atoms with Gasteiger partial charge < -0.3 is 5.32 Å². The van der Waals surface area contributed by atoms with Gasteiger partial charge in [-0.15, -0.1) is 0 Å². The fraction of sp³-hybridized carbons (Fsp3) is 0.273. The number of amides is 1. The van der Waals surface area contributed by atoms with E-state index in [9.17, 15) is 13.2 Å². The molecule has 0 unspecified atom stereocenters. The summed E-state index contributed by atoms with van der Waals surface area (Å²) in [5.41, 5.74) is 3.43. The van der Waals surface area contributed by atoms with Crippen molar-refractivity contribution in [3.05, 3.63) is 83.2 Å². The summed E-state index contributed by atoms with van der Waals surface area (Å²) in [5, 5.41) is 7.25. The van der Waals surface area contributed by atoms with Gasteiger partial charge in [0, 0.05) is 18.3 Å². The van der Waals surface area contributed by atoms with Crippen LogP contribution in [0.2, 0.25) is 0 Å². The van der Waals surface area contributed by atoms with E-state index in [1.165, 1.54) is 0 Å². The van der Waals surface area contributed by atoms with Crippen LogP contribution in [0.4, 0.5) is 0 Å². The van der Waals surface area contributed by atoms with Gasteiger partial charge in [0.05, 0.1) is 11.4 Å². The fourth-order valence-corrected chi connectivity index (χ4v) is 4.65. The SMILES string of the molecule is Cc1cc(C(=O)NCc2ccccc2CS(=O)(=O)NC(C)C)nn1-c1ccccc1. The van der Waals surface area contributed by atoms with E-state index >= 15 is 0 Å². The molecule has 3 aromatic rings. The van der Waals surface area contributed by atoms with Crippen LogP contribution >= 0.6 is 0 Å². The van der Waals surface area contributed by atoms with Crippen LogP contribution in [0.15, 0.2) is 60.7 Å². The van der Waals surface area contributed by atoms with E-state index in [0.29, 0.717) is 11.3 Å². The number of hydrogen-bond donors (Lipinski definition) is 2. The minimum atomic E-state index is -3.46. The molecule has 7 nitrogen and oxygen atoms in total. The largest absolute Gasteiger partial charge is 0.347 e. The average molecular weight is 427 g/mol. The second-order valence-electron chi connectivity index (χ2n) is 7.40. The molecule has 0 bridgehead atoms. The number of nitrogens with one attached hydrogen (secondary N) is 2. The van der Waals surface area contributed by atoms with E-state index in [-0.39, 0.29) is 24.2 Å². The van der Waals surface area contributed by atoms with Crippen LogP contribution in [0.5, 0.6) is 0 Å². The van der Waals surface area contributed by atoms with E-state index in [4.69, 9.17) is 0 Å². The number of aromatic nitrogens is 2. The predicted molar refractivity (Wildman–Crippen MR) is 117 cm³/mol. The Bertz CT molecular complexity index is 1120. The minimum absolute atomic E-state index is 0.140. The fourth-order valence-electron chi connectivity index (χ4n) is 3.16. The number of aryl methyl sites for hydroxylation is 1. The molecule has 1 amide bonds. The summed E-state index contributed by atoms with van der Waals surface area (Å²) < 4.78 is 28.9. The Labute approximate surface area is 177 Å². The van der Waals surface area contributed by atoms with Crippen molar-refractivity contribution in [2.75, 3.05) is 0 Å². The molecule has 0 aliphatic rings. The lowest BCUT2D eigenvalue weighted by Crippen LogP contribution is -2.32. The molecule has 0 aliphatic carbocycles. The highest BCUT2D eigenvalue weighted by atomic mass is 32.2. The molecular weight excluding hydrogens is 400 g/mol. The third kappa shape index (κ3) is 5.55. The molecular formula is C22H26N4O3S. The van der Waals surface area contributed by atoms with E-state index in [2.05, 4.69) is 15.1 Å². The highest BCUT2D eigenvalue weighted by Gasteiger charge is 2.17. The van der Waals surface area contributed by atoms with Crippen LogP contribution in [-0.2, 0) is 22.3 Å². The van der Waals surface area contributed by atoms with Crippen molar-refractivity contribution in [3.63, 3.8) is 0 Å². The van der Waals surface area contributed by atoms with E-state index in [1.807, 2.05) is 49.4 Å². The molecule has 1 aromatic heterocycles. The Balaban J connectivity index is 1.72. The number of benzene rings is 2. The standard InChI is InChI=1S/C22H26N4O3S/c1-16(2)25-30(28,29)15-19-10-8-7-9-18(19)14-23-22(27)21-13-17(3)26(24-21)20-11-5-4-6-12-20/h4-13,16,25H,14-15H2,1-3H3,(H,23,27). The molecule has 1 heterocycles. The van der Waals surface area contributed by atoms with Crippen molar-refractivity contribution in [2.45, 2.75) is 39.1 Å². The molecule has 0 radical (unpaired) electrons. The molecule has 0 saturated carbocycles. The van der Waals surface area contributed by atoms with Crippen molar-refractivity contribution in [2.24, 2.45) is 0 Å². The monoisotopic (exact) mass is 426 g/mol. The number of carbonyl (C=O) groups is 1. The zero-order chi connectivity index (χ0) is 21.7. The number of hydrogen-bond acceptors (Lipinski definition) is 4. The Hall–Kier alpha value is -2.97. The summed E-state index contributed by atoms with van der Waals surface area (Å²) in [6, 6.07) is 18.3. The van der Waals surface area contributed by atoms with Crippen LogP contribution in [0.1, 0.15) is 41.2 Å². The highest BCUT2D eigenvalue weighted by Crippen LogP contribution is 2.14. The molecule has 3 rings (SSSR count). The number of nitrogens with zero attached hydrogens (tertiary/aromatic N) is 2. The van der Waals surface area contributed by atoms with Gasteiger partial charge in [-0.3, -0.25) is 4.79 Å². The van der Waals surface area contributed by atoms with Crippen LogP contribution in [0.25, 0.3) is 5.69 Å². The summed E-state index contributed by atoms with van der Waals surface area (Å²) in [7, 11) is -3.46. The topological polar surface area (TPSA) is 93.1 Å². The van der Waals surface area contributed by atoms with Crippen molar-refractivity contribution >= 4 is 15.9 Å². The van der Waals surface area contributed by atoms with Crippen molar-refractivity contribution < 1.29 is 13.2 Å². The van der Waals surface area contributed by atoms with Crippen molar-refractivity contribution in [1.82, 2.24) is 19.8 Å². The Morgan fingerprint density at radius 1 is 1.03 bits per heavy atom. The zero-order valence-electron chi connectivity index (χ0n) is 17.3. The third-order valence-electron chi connectivity index (χ3n) is 4.44. The molecule has 2 N–H and O–H groups in total. The molecule has 2 aromatic carbocycles. The maximum absolute atomic E-state index is 12.6. The second kappa shape index (κ2) is 9.23. The Morgan fingerprint density at radius 3 is 2.33 bits per heavy atom. The number of sulfonamides is 1. The third-order valence-corrected chi connectivity index (χ3v) is 5.96. The van der Waals surface area contributed by atoms with Gasteiger partial charge in [-0.1, -0.05) is 42.5 Å². The van der Waals surface area contributed by atoms with Crippen molar-refractivity contribution in [3.8, 4) is 5.69 Å². The van der Waals surface area contributed by atoms with Crippen molar-refractivity contribution in [1.29, 1.82) is 0 Å². The Morgan fingerprint density at radius 2 is 1.67 bits per heavy atom. The smallest absolute Gasteiger partial charge is 0.272 e. The number of carbonyl (C=O) groups excluding carboxylic acids is 1. The van der Waals surface area contributed by atoms with Gasteiger partial charge >= 0.3 is 0 Å². The van der Waals surface area contributed by atoms with Crippen LogP contribution in [0, 0.1) is 6.92 Å². The van der Waals surface area contributed by atoms with E-state index < -0.39 is 10.0 Å². The molecule has 30 heavy (non-hydrogen) atoms. The minimum Gasteiger partial charge on any atom is -0.347 e. The molecule has 0 spiro atoms. The second-order valence-corrected chi connectivity index (χ2v) is 9.16. The normalized spacial score (nSPS) is 11.6. The lowest BCUT2D eigenvalue weighted by atomic mass is 10.1. The Kier molecular flexibility index (Phi) is 6.69. The lowest BCUT2D eigenvalue weighted by Gasteiger charge is -2.13. The average Bonchev–Trinajstić information content (AvgIpc) is 3.08. The van der Waals surface area contributed by atoms with Gasteiger partial charge in [0.15, 0.2) is 5.69 Å². The highest BCUT2D eigenvalue weighted by molar-refractivity contribution is 7.88. The number of para-hydroxylation sites is 1. The first kappa shape index (κ1) is 21.7. The molecule has 0 fully saturated rings. The summed E-state index contributed by atoms with van der Waals surface area (Å²) in [6.07, 6.45) is 0. The first-order valence-electron chi connectivity index (χ1n) is 9.72. The van der Waals surface area contributed by atoms with Crippen LogP contribution < -0.4 is 10.0 Å². The van der Waals surface area contributed by atoms with E-state index in [1.54, 1.807) is 36.7 Å². The summed E-state index contributed by atoms with van der Waals surface area (Å²) in [5.74, 6) is -0.454. The molecule has 158 valence electrons. The quantitative estimate of drug-likeness (QED) is 0.579. The first-order valence-corrected chi connectivity index (χ1v) is 11.4. The van der Waals surface area contributed by atoms with Crippen LogP contribution in [-0.4, -0.2) is 30.1 Å². The maximum atomic E-state index is 12.6. The summed E-state index contributed by atoms with van der Waals surface area (Å²) >= 11 is 0. The van der Waals surface area contributed by atoms with Crippen LogP contribution in [0.3, 0.4) is 0 Å².